The molecule has 0 saturated heterocycles. The molecule has 0 heterocycles. The molecule has 2 amide bonds. The Kier molecular flexibility index (Phi) is 6.86. The van der Waals surface area contributed by atoms with E-state index in [2.05, 4.69) is 10.0 Å². The Balaban J connectivity index is 1.47. The van der Waals surface area contributed by atoms with E-state index in [1.54, 1.807) is 12.1 Å². The first-order valence-electron chi connectivity index (χ1n) is 10.6. The summed E-state index contributed by atoms with van der Waals surface area (Å²) in [7, 11) is -4.02. The molecular formula is C27H24N2O3S. The molecule has 0 unspecified atom stereocenters. The lowest BCUT2D eigenvalue weighted by atomic mass is 9.99. The summed E-state index contributed by atoms with van der Waals surface area (Å²) in [5.74, 6) is 0. The van der Waals surface area contributed by atoms with Crippen molar-refractivity contribution in [2.24, 2.45) is 0 Å². The second kappa shape index (κ2) is 10.1. The summed E-state index contributed by atoms with van der Waals surface area (Å²) >= 11 is 0. The first-order valence-corrected chi connectivity index (χ1v) is 12.1. The van der Waals surface area contributed by atoms with Gasteiger partial charge in [0.15, 0.2) is 0 Å². The Morgan fingerprint density at radius 2 is 1.09 bits per heavy atom. The van der Waals surface area contributed by atoms with Gasteiger partial charge in [0.2, 0.25) is 0 Å². The standard InChI is InChI=1S/C27H24N2O3S/c30-27(28-26(23-12-6-2-7-13-23)24-14-8-3-9-15-24)29-33(31,32)25-18-16-22(17-19-25)20-21-10-4-1-5-11-21/h1-19,26H,20H2,(H2,28,29,30). The average Bonchev–Trinajstić information content (AvgIpc) is 2.84. The molecule has 33 heavy (non-hydrogen) atoms. The minimum Gasteiger partial charge on any atom is -0.326 e. The summed E-state index contributed by atoms with van der Waals surface area (Å²) in [5.41, 5.74) is 3.82. The van der Waals surface area contributed by atoms with Crippen molar-refractivity contribution in [3.05, 3.63) is 138 Å². The third-order valence-corrected chi connectivity index (χ3v) is 6.60. The molecule has 0 bridgehead atoms. The van der Waals surface area contributed by atoms with Gasteiger partial charge in [-0.05, 0) is 40.8 Å². The Morgan fingerprint density at radius 1 is 0.636 bits per heavy atom. The second-order valence-electron chi connectivity index (χ2n) is 7.64. The van der Waals surface area contributed by atoms with Crippen molar-refractivity contribution >= 4 is 16.1 Å². The van der Waals surface area contributed by atoms with Gasteiger partial charge in [-0.15, -0.1) is 0 Å². The summed E-state index contributed by atoms with van der Waals surface area (Å²) in [6.07, 6.45) is 0.699. The number of hydrogen-bond donors (Lipinski definition) is 2. The molecule has 166 valence electrons. The maximum atomic E-state index is 12.8. The predicted molar refractivity (Wildman–Crippen MR) is 129 cm³/mol. The van der Waals surface area contributed by atoms with Crippen molar-refractivity contribution in [2.75, 3.05) is 0 Å². The summed E-state index contributed by atoms with van der Waals surface area (Å²) in [6, 6.07) is 34.0. The van der Waals surface area contributed by atoms with E-state index in [9.17, 15) is 13.2 Å². The molecule has 0 atom stereocenters. The van der Waals surface area contributed by atoms with Gasteiger partial charge in [0.25, 0.3) is 10.0 Å². The quantitative estimate of drug-likeness (QED) is 0.408. The fourth-order valence-corrected chi connectivity index (χ4v) is 4.52. The van der Waals surface area contributed by atoms with E-state index in [0.29, 0.717) is 6.42 Å². The van der Waals surface area contributed by atoms with E-state index in [1.807, 2.05) is 91.0 Å². The molecule has 0 fully saturated rings. The largest absolute Gasteiger partial charge is 0.329 e. The zero-order valence-electron chi connectivity index (χ0n) is 17.9. The average molecular weight is 457 g/mol. The van der Waals surface area contributed by atoms with Crippen molar-refractivity contribution in [1.29, 1.82) is 0 Å². The predicted octanol–water partition coefficient (Wildman–Crippen LogP) is 5.05. The van der Waals surface area contributed by atoms with Crippen LogP contribution in [0.4, 0.5) is 4.79 Å². The molecule has 2 N–H and O–H groups in total. The lowest BCUT2D eigenvalue weighted by Gasteiger charge is -2.20. The van der Waals surface area contributed by atoms with E-state index < -0.39 is 22.1 Å². The Morgan fingerprint density at radius 3 is 1.61 bits per heavy atom. The van der Waals surface area contributed by atoms with Crippen molar-refractivity contribution in [3.63, 3.8) is 0 Å². The smallest absolute Gasteiger partial charge is 0.326 e. The highest BCUT2D eigenvalue weighted by molar-refractivity contribution is 7.90. The number of carbonyl (C=O) groups is 1. The third kappa shape index (κ3) is 5.87. The number of rotatable bonds is 7. The van der Waals surface area contributed by atoms with Crippen LogP contribution in [0, 0.1) is 0 Å². The molecular weight excluding hydrogens is 432 g/mol. The first-order chi connectivity index (χ1) is 16.0. The molecule has 0 saturated carbocycles. The Bertz CT molecular complexity index is 1250. The number of benzene rings is 4. The van der Waals surface area contributed by atoms with E-state index >= 15 is 0 Å². The van der Waals surface area contributed by atoms with Crippen molar-refractivity contribution in [3.8, 4) is 0 Å². The van der Waals surface area contributed by atoms with E-state index in [0.717, 1.165) is 22.3 Å². The summed E-state index contributed by atoms with van der Waals surface area (Å²) in [5, 5.41) is 2.79. The van der Waals surface area contributed by atoms with Crippen LogP contribution in [0.15, 0.2) is 120 Å². The minimum absolute atomic E-state index is 0.0328. The van der Waals surface area contributed by atoms with Crippen molar-refractivity contribution in [1.82, 2.24) is 10.0 Å². The van der Waals surface area contributed by atoms with Crippen LogP contribution in [0.2, 0.25) is 0 Å². The van der Waals surface area contributed by atoms with Gasteiger partial charge in [0.1, 0.15) is 0 Å². The van der Waals surface area contributed by atoms with Crippen molar-refractivity contribution < 1.29 is 13.2 Å². The van der Waals surface area contributed by atoms with Gasteiger partial charge in [0.05, 0.1) is 10.9 Å². The molecule has 6 heteroatoms. The lowest BCUT2D eigenvalue weighted by Crippen LogP contribution is -2.41. The molecule has 0 aliphatic carbocycles. The minimum atomic E-state index is -4.02. The second-order valence-corrected chi connectivity index (χ2v) is 9.32. The van der Waals surface area contributed by atoms with E-state index in [-0.39, 0.29) is 4.90 Å². The zero-order valence-corrected chi connectivity index (χ0v) is 18.7. The summed E-state index contributed by atoms with van der Waals surface area (Å²) < 4.78 is 27.7. The monoisotopic (exact) mass is 456 g/mol. The molecule has 4 rings (SSSR count). The van der Waals surface area contributed by atoms with Gasteiger partial charge in [-0.1, -0.05) is 103 Å². The van der Waals surface area contributed by atoms with E-state index in [1.165, 1.54) is 12.1 Å². The highest BCUT2D eigenvalue weighted by Gasteiger charge is 2.21. The number of carbonyl (C=O) groups excluding carboxylic acids is 1. The number of amides is 2. The van der Waals surface area contributed by atoms with Crippen LogP contribution in [-0.4, -0.2) is 14.4 Å². The van der Waals surface area contributed by atoms with Crippen LogP contribution in [0.1, 0.15) is 28.3 Å². The molecule has 0 aliphatic heterocycles. The van der Waals surface area contributed by atoms with Crippen LogP contribution in [-0.2, 0) is 16.4 Å². The summed E-state index contributed by atoms with van der Waals surface area (Å²) in [4.78, 5) is 12.7. The van der Waals surface area contributed by atoms with Crippen LogP contribution >= 0.6 is 0 Å². The topological polar surface area (TPSA) is 75.3 Å². The van der Waals surface area contributed by atoms with E-state index in [4.69, 9.17) is 0 Å². The van der Waals surface area contributed by atoms with Crippen LogP contribution in [0.25, 0.3) is 0 Å². The highest BCUT2D eigenvalue weighted by Crippen LogP contribution is 2.22. The number of nitrogens with one attached hydrogen (secondary N) is 2. The molecule has 0 radical (unpaired) electrons. The van der Waals surface area contributed by atoms with Gasteiger partial charge in [0, 0.05) is 0 Å². The number of sulfonamides is 1. The highest BCUT2D eigenvalue weighted by atomic mass is 32.2. The van der Waals surface area contributed by atoms with Crippen molar-refractivity contribution in [2.45, 2.75) is 17.4 Å². The third-order valence-electron chi connectivity index (χ3n) is 5.25. The van der Waals surface area contributed by atoms with Gasteiger partial charge in [-0.3, -0.25) is 0 Å². The van der Waals surface area contributed by atoms with Crippen LogP contribution < -0.4 is 10.0 Å². The zero-order chi connectivity index (χ0) is 23.1. The van der Waals surface area contributed by atoms with Crippen LogP contribution in [0.3, 0.4) is 0 Å². The van der Waals surface area contributed by atoms with Gasteiger partial charge in [-0.25, -0.2) is 17.9 Å². The lowest BCUT2D eigenvalue weighted by molar-refractivity contribution is 0.243. The van der Waals surface area contributed by atoms with Gasteiger partial charge in [-0.2, -0.15) is 0 Å². The molecule has 4 aromatic carbocycles. The Hall–Kier alpha value is -3.90. The number of urea groups is 1. The van der Waals surface area contributed by atoms with Gasteiger partial charge >= 0.3 is 6.03 Å². The maximum Gasteiger partial charge on any atom is 0.329 e. The molecule has 0 spiro atoms. The van der Waals surface area contributed by atoms with Gasteiger partial charge < -0.3 is 5.32 Å². The fraction of sp³-hybridized carbons (Fsp3) is 0.0741. The number of hydrogen-bond acceptors (Lipinski definition) is 3. The normalized spacial score (nSPS) is 11.2. The molecule has 5 nitrogen and oxygen atoms in total. The fourth-order valence-electron chi connectivity index (χ4n) is 3.61. The SMILES string of the molecule is O=C(NC(c1ccccc1)c1ccccc1)NS(=O)(=O)c1ccc(Cc2ccccc2)cc1. The van der Waals surface area contributed by atoms with Crippen LogP contribution in [0.5, 0.6) is 0 Å². The Labute approximate surface area is 194 Å². The molecule has 0 aromatic heterocycles. The first kappa shape index (κ1) is 22.3. The molecule has 0 aliphatic rings. The summed E-state index contributed by atoms with van der Waals surface area (Å²) in [6.45, 7) is 0. The molecule has 4 aromatic rings. The maximum absolute atomic E-state index is 12.8.